The van der Waals surface area contributed by atoms with Gasteiger partial charge in [0.25, 0.3) is 0 Å². The van der Waals surface area contributed by atoms with E-state index in [2.05, 4.69) is 0 Å². The highest BCUT2D eigenvalue weighted by molar-refractivity contribution is 5.78. The monoisotopic (exact) mass is 131 g/mol. The highest BCUT2D eigenvalue weighted by Gasteiger charge is 2.06. The Morgan fingerprint density at radius 3 is 2.67 bits per heavy atom. The molecule has 0 saturated carbocycles. The molecule has 0 aromatic heterocycles. The zero-order chi connectivity index (χ0) is 7.28. The van der Waals surface area contributed by atoms with Crippen LogP contribution in [-0.2, 0) is 9.53 Å². The van der Waals surface area contributed by atoms with Gasteiger partial charge >= 0.3 is 0 Å². The Morgan fingerprint density at radius 1 is 1.78 bits per heavy atom. The number of hydrogen-bond donors (Lipinski definition) is 1. The molecule has 1 unspecified atom stereocenters. The molecule has 0 bridgehead atoms. The summed E-state index contributed by atoms with van der Waals surface area (Å²) in [6.45, 7) is 4.23. The molecule has 1 amide bonds. The molecule has 9 heavy (non-hydrogen) atoms. The van der Waals surface area contributed by atoms with Gasteiger partial charge in [0.1, 0.15) is 6.10 Å². The Morgan fingerprint density at radius 2 is 2.33 bits per heavy atom. The Balaban J connectivity index is 3.27. The van der Waals surface area contributed by atoms with Crippen molar-refractivity contribution < 1.29 is 9.53 Å². The van der Waals surface area contributed by atoms with Crippen LogP contribution in [0.3, 0.4) is 0 Å². The van der Waals surface area contributed by atoms with E-state index in [1.165, 1.54) is 0 Å². The van der Waals surface area contributed by atoms with E-state index in [-0.39, 0.29) is 0 Å². The lowest BCUT2D eigenvalue weighted by Crippen LogP contribution is -2.28. The van der Waals surface area contributed by atoms with Gasteiger partial charge in [0.2, 0.25) is 5.91 Å². The summed E-state index contributed by atoms with van der Waals surface area (Å²) >= 11 is 0. The predicted octanol–water partition coefficient (Wildman–Crippen LogP) is 0.287. The second-order valence-electron chi connectivity index (χ2n) is 1.92. The largest absolute Gasteiger partial charge is 0.369 e. The maximum Gasteiger partial charge on any atom is 0.246 e. The number of carbonyl (C=O) groups is 1. The minimum Gasteiger partial charge on any atom is -0.369 e. The first-order valence-corrected chi connectivity index (χ1v) is 3.09. The Kier molecular flexibility index (Phi) is 4.05. The molecular weight excluding hydrogens is 118 g/mol. The van der Waals surface area contributed by atoms with E-state index >= 15 is 0 Å². The summed E-state index contributed by atoms with van der Waals surface area (Å²) in [4.78, 5) is 10.3. The first-order valence-electron chi connectivity index (χ1n) is 3.09. The van der Waals surface area contributed by atoms with Crippen molar-refractivity contribution in [3.63, 3.8) is 0 Å². The molecule has 0 aliphatic heterocycles. The highest BCUT2D eigenvalue weighted by atomic mass is 16.5. The number of amides is 1. The number of primary amides is 1. The summed E-state index contributed by atoms with van der Waals surface area (Å²) in [5.74, 6) is -0.400. The lowest BCUT2D eigenvalue weighted by atomic mass is 10.4. The van der Waals surface area contributed by atoms with E-state index < -0.39 is 12.0 Å². The zero-order valence-electron chi connectivity index (χ0n) is 5.89. The second-order valence-corrected chi connectivity index (χ2v) is 1.92. The predicted molar refractivity (Wildman–Crippen MR) is 34.9 cm³/mol. The quantitative estimate of drug-likeness (QED) is 0.596. The van der Waals surface area contributed by atoms with Gasteiger partial charge in [-0.15, -0.1) is 0 Å². The van der Waals surface area contributed by atoms with Gasteiger partial charge in [-0.1, -0.05) is 6.92 Å². The smallest absolute Gasteiger partial charge is 0.246 e. The lowest BCUT2D eigenvalue weighted by molar-refractivity contribution is -0.128. The average molecular weight is 131 g/mol. The molecule has 0 spiro atoms. The molecule has 0 heterocycles. The van der Waals surface area contributed by atoms with Crippen LogP contribution in [0.15, 0.2) is 0 Å². The molecule has 0 radical (unpaired) electrons. The highest BCUT2D eigenvalue weighted by Crippen LogP contribution is 1.89. The van der Waals surface area contributed by atoms with Crippen LogP contribution >= 0.6 is 0 Å². The van der Waals surface area contributed by atoms with E-state index in [0.29, 0.717) is 6.61 Å². The summed E-state index contributed by atoms with van der Waals surface area (Å²) < 4.78 is 4.98. The van der Waals surface area contributed by atoms with E-state index in [4.69, 9.17) is 10.5 Å². The third-order valence-electron chi connectivity index (χ3n) is 0.973. The van der Waals surface area contributed by atoms with E-state index in [1.54, 1.807) is 6.92 Å². The van der Waals surface area contributed by atoms with Gasteiger partial charge in [-0.25, -0.2) is 0 Å². The minimum absolute atomic E-state index is 0.400. The third kappa shape index (κ3) is 3.97. The van der Waals surface area contributed by atoms with Gasteiger partial charge < -0.3 is 10.5 Å². The maximum absolute atomic E-state index is 10.3. The number of rotatable bonds is 4. The van der Waals surface area contributed by atoms with Gasteiger partial charge in [-0.05, 0) is 13.3 Å². The van der Waals surface area contributed by atoms with Gasteiger partial charge in [0.05, 0.1) is 0 Å². The van der Waals surface area contributed by atoms with Gasteiger partial charge in [-0.2, -0.15) is 0 Å². The fraction of sp³-hybridized carbons (Fsp3) is 0.833. The number of ether oxygens (including phenoxy) is 1. The molecule has 0 fully saturated rings. The summed E-state index contributed by atoms with van der Waals surface area (Å²) in [5, 5.41) is 0. The van der Waals surface area contributed by atoms with Crippen molar-refractivity contribution in [2.75, 3.05) is 6.61 Å². The van der Waals surface area contributed by atoms with Crippen molar-refractivity contribution in [1.29, 1.82) is 0 Å². The Hall–Kier alpha value is -0.570. The summed E-state index contributed by atoms with van der Waals surface area (Å²) in [6, 6.07) is 0. The minimum atomic E-state index is -0.440. The van der Waals surface area contributed by atoms with Gasteiger partial charge in [-0.3, -0.25) is 4.79 Å². The van der Waals surface area contributed by atoms with Crippen LogP contribution in [0, 0.1) is 0 Å². The van der Waals surface area contributed by atoms with Crippen molar-refractivity contribution in [3.8, 4) is 0 Å². The van der Waals surface area contributed by atoms with Gasteiger partial charge in [0, 0.05) is 6.61 Å². The van der Waals surface area contributed by atoms with E-state index in [9.17, 15) is 4.79 Å². The van der Waals surface area contributed by atoms with Crippen LogP contribution in [0.5, 0.6) is 0 Å². The third-order valence-corrected chi connectivity index (χ3v) is 0.973. The number of hydrogen-bond acceptors (Lipinski definition) is 2. The van der Waals surface area contributed by atoms with Gasteiger partial charge in [0.15, 0.2) is 0 Å². The summed E-state index contributed by atoms with van der Waals surface area (Å²) in [6.07, 6.45) is 0.474. The molecule has 0 aliphatic carbocycles. The van der Waals surface area contributed by atoms with Crippen molar-refractivity contribution in [2.24, 2.45) is 5.73 Å². The molecule has 0 saturated heterocycles. The van der Waals surface area contributed by atoms with E-state index in [0.717, 1.165) is 6.42 Å². The topological polar surface area (TPSA) is 52.3 Å². The van der Waals surface area contributed by atoms with Crippen LogP contribution in [0.4, 0.5) is 0 Å². The van der Waals surface area contributed by atoms with Crippen LogP contribution in [0.25, 0.3) is 0 Å². The van der Waals surface area contributed by atoms with Crippen molar-refractivity contribution in [2.45, 2.75) is 26.4 Å². The zero-order valence-corrected chi connectivity index (χ0v) is 5.89. The molecule has 0 aromatic carbocycles. The molecule has 2 N–H and O–H groups in total. The summed E-state index contributed by atoms with van der Waals surface area (Å²) in [7, 11) is 0. The van der Waals surface area contributed by atoms with Crippen LogP contribution in [-0.4, -0.2) is 18.6 Å². The number of nitrogens with two attached hydrogens (primary N) is 1. The Labute approximate surface area is 55.2 Å². The first-order chi connectivity index (χ1) is 4.18. The SMILES string of the molecule is CCCOC(C)C(N)=O. The molecule has 0 rings (SSSR count). The first kappa shape index (κ1) is 8.43. The fourth-order valence-electron chi connectivity index (χ4n) is 0.377. The average Bonchev–Trinajstić information content (AvgIpc) is 1.82. The normalized spacial score (nSPS) is 13.1. The Bertz CT molecular complexity index is 93.1. The second kappa shape index (κ2) is 4.32. The number of carbonyl (C=O) groups excluding carboxylic acids is 1. The molecule has 3 nitrogen and oxygen atoms in total. The van der Waals surface area contributed by atoms with E-state index in [1.807, 2.05) is 6.92 Å². The molecule has 54 valence electrons. The molecule has 0 aliphatic rings. The molecular formula is C6H13NO2. The van der Waals surface area contributed by atoms with Crippen molar-refractivity contribution in [3.05, 3.63) is 0 Å². The molecule has 1 atom stereocenters. The lowest BCUT2D eigenvalue weighted by Gasteiger charge is -2.06. The summed E-state index contributed by atoms with van der Waals surface area (Å²) in [5.41, 5.74) is 4.91. The fourth-order valence-corrected chi connectivity index (χ4v) is 0.377. The molecule has 0 aromatic rings. The van der Waals surface area contributed by atoms with Crippen LogP contribution in [0.2, 0.25) is 0 Å². The van der Waals surface area contributed by atoms with Crippen LogP contribution < -0.4 is 5.73 Å². The van der Waals surface area contributed by atoms with Crippen molar-refractivity contribution >= 4 is 5.91 Å². The van der Waals surface area contributed by atoms with Crippen molar-refractivity contribution in [1.82, 2.24) is 0 Å². The standard InChI is InChI=1S/C6H13NO2/c1-3-4-9-5(2)6(7)8/h5H,3-4H2,1-2H3,(H2,7,8). The maximum atomic E-state index is 10.3. The van der Waals surface area contributed by atoms with Crippen LogP contribution in [0.1, 0.15) is 20.3 Å². The molecule has 3 heteroatoms.